The minimum absolute atomic E-state index is 0.00458. The fourth-order valence-corrected chi connectivity index (χ4v) is 2.88. The lowest BCUT2D eigenvalue weighted by Crippen LogP contribution is -2.23. The molecule has 2 aromatic rings. The van der Waals surface area contributed by atoms with Gasteiger partial charge in [0.25, 0.3) is 5.56 Å². The van der Waals surface area contributed by atoms with Gasteiger partial charge in [-0.15, -0.1) is 11.3 Å². The van der Waals surface area contributed by atoms with Gasteiger partial charge in [0.15, 0.2) is 0 Å². The normalized spacial score (nSPS) is 14.4. The first-order valence-electron chi connectivity index (χ1n) is 5.96. The van der Waals surface area contributed by atoms with Crippen LogP contribution >= 0.6 is 11.3 Å². The quantitative estimate of drug-likeness (QED) is 0.847. The molecule has 0 saturated heterocycles. The van der Waals surface area contributed by atoms with Crippen LogP contribution in [0.1, 0.15) is 24.4 Å². The Bertz CT molecular complexity index is 660. The molecular weight excluding hydrogens is 244 g/mol. The molecule has 0 aliphatic heterocycles. The molecular formula is C14H12N2OS. The molecule has 1 saturated carbocycles. The minimum Gasteiger partial charge on any atom is -0.304 e. The van der Waals surface area contributed by atoms with Crippen molar-refractivity contribution in [2.45, 2.75) is 25.3 Å². The zero-order chi connectivity index (χ0) is 12.5. The number of rotatable bonds is 3. The van der Waals surface area contributed by atoms with E-state index in [1.54, 1.807) is 17.4 Å². The van der Waals surface area contributed by atoms with Crippen LogP contribution < -0.4 is 5.56 Å². The van der Waals surface area contributed by atoms with E-state index in [4.69, 9.17) is 5.26 Å². The lowest BCUT2D eigenvalue weighted by atomic mass is 10.1. The molecule has 0 spiro atoms. The summed E-state index contributed by atoms with van der Waals surface area (Å²) in [6.07, 6.45) is 2.32. The lowest BCUT2D eigenvalue weighted by molar-refractivity contribution is 0.709. The van der Waals surface area contributed by atoms with Gasteiger partial charge in [0.05, 0.1) is 23.1 Å². The third kappa shape index (κ3) is 1.87. The minimum atomic E-state index is 0.00458. The van der Waals surface area contributed by atoms with E-state index in [0.29, 0.717) is 11.6 Å². The molecule has 2 aromatic heterocycles. The predicted octanol–water partition coefficient (Wildman–Crippen LogP) is 2.98. The third-order valence-electron chi connectivity index (χ3n) is 3.15. The largest absolute Gasteiger partial charge is 0.304 e. The molecule has 90 valence electrons. The van der Waals surface area contributed by atoms with Gasteiger partial charge >= 0.3 is 0 Å². The summed E-state index contributed by atoms with van der Waals surface area (Å²) < 4.78 is 1.87. The summed E-state index contributed by atoms with van der Waals surface area (Å²) in [5.41, 5.74) is 1.59. The molecule has 0 atom stereocenters. The zero-order valence-corrected chi connectivity index (χ0v) is 10.6. The van der Waals surface area contributed by atoms with Gasteiger partial charge in [-0.3, -0.25) is 4.79 Å². The lowest BCUT2D eigenvalue weighted by Gasteiger charge is -2.11. The summed E-state index contributed by atoms with van der Waals surface area (Å²) in [5.74, 6) is 0. The van der Waals surface area contributed by atoms with Crippen molar-refractivity contribution >= 4 is 11.3 Å². The molecule has 0 amide bonds. The van der Waals surface area contributed by atoms with Crippen molar-refractivity contribution in [3.05, 3.63) is 45.6 Å². The summed E-state index contributed by atoms with van der Waals surface area (Å²) in [7, 11) is 0. The second-order valence-corrected chi connectivity index (χ2v) is 5.41. The van der Waals surface area contributed by atoms with E-state index >= 15 is 0 Å². The Morgan fingerprint density at radius 3 is 2.83 bits per heavy atom. The predicted molar refractivity (Wildman–Crippen MR) is 71.6 cm³/mol. The van der Waals surface area contributed by atoms with Gasteiger partial charge in [0.2, 0.25) is 0 Å². The first-order chi connectivity index (χ1) is 8.81. The van der Waals surface area contributed by atoms with E-state index < -0.39 is 0 Å². The van der Waals surface area contributed by atoms with Crippen molar-refractivity contribution in [2.24, 2.45) is 0 Å². The molecule has 3 rings (SSSR count). The molecule has 3 nitrogen and oxygen atoms in total. The van der Waals surface area contributed by atoms with E-state index in [1.165, 1.54) is 0 Å². The molecule has 0 unspecified atom stereocenters. The van der Waals surface area contributed by atoms with Gasteiger partial charge < -0.3 is 4.57 Å². The number of nitrogens with zero attached hydrogens (tertiary/aromatic N) is 2. The van der Waals surface area contributed by atoms with Crippen LogP contribution in [0.25, 0.3) is 10.6 Å². The molecule has 1 aliphatic carbocycles. The smallest absolute Gasteiger partial charge is 0.255 e. The number of aromatic nitrogens is 1. The molecule has 18 heavy (non-hydrogen) atoms. The highest BCUT2D eigenvalue weighted by Crippen LogP contribution is 2.38. The highest BCUT2D eigenvalue weighted by atomic mass is 32.1. The van der Waals surface area contributed by atoms with Crippen molar-refractivity contribution in [2.75, 3.05) is 0 Å². The number of hydrogen-bond donors (Lipinski definition) is 0. The maximum Gasteiger partial charge on any atom is 0.255 e. The number of pyridine rings is 1. The highest BCUT2D eigenvalue weighted by molar-refractivity contribution is 7.13. The van der Waals surface area contributed by atoms with Crippen LogP contribution in [0, 0.1) is 11.3 Å². The van der Waals surface area contributed by atoms with Crippen molar-refractivity contribution in [1.82, 2.24) is 4.57 Å². The van der Waals surface area contributed by atoms with Crippen LogP contribution in [0.15, 0.2) is 34.4 Å². The Morgan fingerprint density at radius 2 is 2.22 bits per heavy atom. The van der Waals surface area contributed by atoms with Gasteiger partial charge in [0, 0.05) is 11.6 Å². The second-order valence-electron chi connectivity index (χ2n) is 4.46. The molecule has 0 radical (unpaired) electrons. The Balaban J connectivity index is 2.19. The van der Waals surface area contributed by atoms with E-state index in [0.717, 1.165) is 23.4 Å². The summed E-state index contributed by atoms with van der Waals surface area (Å²) in [4.78, 5) is 13.5. The first kappa shape index (κ1) is 11.2. The van der Waals surface area contributed by atoms with Crippen molar-refractivity contribution in [1.29, 1.82) is 5.26 Å². The Hall–Kier alpha value is -1.86. The summed E-state index contributed by atoms with van der Waals surface area (Å²) >= 11 is 1.64. The fraction of sp³-hybridized carbons (Fsp3) is 0.286. The van der Waals surface area contributed by atoms with Crippen molar-refractivity contribution < 1.29 is 0 Å². The molecule has 4 heteroatoms. The Morgan fingerprint density at radius 1 is 1.39 bits per heavy atom. The van der Waals surface area contributed by atoms with Crippen LogP contribution in [-0.4, -0.2) is 4.57 Å². The average Bonchev–Trinajstić information content (AvgIpc) is 3.05. The SMILES string of the molecule is N#CCc1ccc(-c2cccs2)n(C2CC2)c1=O. The molecule has 0 bridgehead atoms. The molecule has 1 aliphatic rings. The van der Waals surface area contributed by atoms with Gasteiger partial charge in [-0.2, -0.15) is 5.26 Å². The maximum atomic E-state index is 12.4. The van der Waals surface area contributed by atoms with Gasteiger partial charge in [-0.25, -0.2) is 0 Å². The first-order valence-corrected chi connectivity index (χ1v) is 6.84. The second kappa shape index (κ2) is 4.43. The van der Waals surface area contributed by atoms with Crippen molar-refractivity contribution in [3.63, 3.8) is 0 Å². The van der Waals surface area contributed by atoms with Gasteiger partial charge in [0.1, 0.15) is 0 Å². The zero-order valence-electron chi connectivity index (χ0n) is 9.80. The topological polar surface area (TPSA) is 45.8 Å². The average molecular weight is 256 g/mol. The van der Waals surface area contributed by atoms with Crippen LogP contribution in [0.5, 0.6) is 0 Å². The number of thiophene rings is 1. The third-order valence-corrected chi connectivity index (χ3v) is 4.04. The van der Waals surface area contributed by atoms with Crippen LogP contribution in [0.2, 0.25) is 0 Å². The monoisotopic (exact) mass is 256 g/mol. The van der Waals surface area contributed by atoms with Crippen LogP contribution in [0.3, 0.4) is 0 Å². The molecule has 0 aromatic carbocycles. The summed E-state index contributed by atoms with van der Waals surface area (Å²) in [5, 5.41) is 10.8. The molecule has 1 fully saturated rings. The van der Waals surface area contributed by atoms with Gasteiger partial charge in [-0.05, 0) is 30.4 Å². The fourth-order valence-electron chi connectivity index (χ4n) is 2.14. The van der Waals surface area contributed by atoms with E-state index in [1.807, 2.05) is 28.1 Å². The Kier molecular flexibility index (Phi) is 2.77. The van der Waals surface area contributed by atoms with E-state index in [9.17, 15) is 4.79 Å². The molecule has 0 N–H and O–H groups in total. The Labute approximate surface area is 109 Å². The van der Waals surface area contributed by atoms with E-state index in [-0.39, 0.29) is 12.0 Å². The summed E-state index contributed by atoms with van der Waals surface area (Å²) in [6.45, 7) is 0. The van der Waals surface area contributed by atoms with E-state index in [2.05, 4.69) is 6.07 Å². The van der Waals surface area contributed by atoms with Crippen LogP contribution in [0.4, 0.5) is 0 Å². The van der Waals surface area contributed by atoms with Gasteiger partial charge in [-0.1, -0.05) is 12.1 Å². The highest BCUT2D eigenvalue weighted by Gasteiger charge is 2.28. The standard InChI is InChI=1S/C14H12N2OS/c15-8-7-10-3-6-12(13-2-1-9-18-13)16(14(10)17)11-4-5-11/h1-3,6,9,11H,4-5,7H2. The molecule has 2 heterocycles. The number of nitriles is 1. The van der Waals surface area contributed by atoms with Crippen LogP contribution in [-0.2, 0) is 6.42 Å². The number of hydrogen-bond acceptors (Lipinski definition) is 3. The van der Waals surface area contributed by atoms with Crippen molar-refractivity contribution in [3.8, 4) is 16.6 Å². The summed E-state index contributed by atoms with van der Waals surface area (Å²) in [6, 6.07) is 10.2. The maximum absolute atomic E-state index is 12.4.